The van der Waals surface area contributed by atoms with E-state index in [2.05, 4.69) is 18.6 Å². The number of carbonyl (C=O) groups is 2. The predicted octanol–water partition coefficient (Wildman–Crippen LogP) is 3.46. The van der Waals surface area contributed by atoms with Crippen LogP contribution in [0.1, 0.15) is 43.1 Å². The van der Waals surface area contributed by atoms with Crippen LogP contribution in [0.5, 0.6) is 0 Å². The number of methoxy groups -OCH3 is 1. The van der Waals surface area contributed by atoms with Crippen molar-refractivity contribution in [3.8, 4) is 0 Å². The third-order valence-corrected chi connectivity index (χ3v) is 2.86. The second kappa shape index (κ2) is 8.25. The molecule has 0 N–H and O–H groups in total. The minimum Gasteiger partial charge on any atom is -0.465 e. The molecule has 4 heteroatoms. The molecule has 0 aliphatic carbocycles. The zero-order chi connectivity index (χ0) is 15.8. The maximum absolute atomic E-state index is 11.6. The van der Waals surface area contributed by atoms with Gasteiger partial charge in [-0.1, -0.05) is 26.0 Å². The number of esters is 2. The monoisotopic (exact) mass is 290 g/mol. The molecule has 4 nitrogen and oxygen atoms in total. The molecular formula is C17H22O4. The Hall–Kier alpha value is -2.10. The van der Waals surface area contributed by atoms with Gasteiger partial charge in [-0.25, -0.2) is 9.59 Å². The molecule has 0 amide bonds. The summed E-state index contributed by atoms with van der Waals surface area (Å²) in [4.78, 5) is 22.9. The van der Waals surface area contributed by atoms with E-state index in [1.54, 1.807) is 30.3 Å². The summed E-state index contributed by atoms with van der Waals surface area (Å²) in [7, 11) is 1.34. The van der Waals surface area contributed by atoms with Crippen molar-refractivity contribution in [1.29, 1.82) is 0 Å². The van der Waals surface area contributed by atoms with E-state index in [9.17, 15) is 9.59 Å². The van der Waals surface area contributed by atoms with E-state index in [4.69, 9.17) is 4.74 Å². The molecule has 0 heterocycles. The largest absolute Gasteiger partial charge is 0.465 e. The van der Waals surface area contributed by atoms with Gasteiger partial charge in [-0.3, -0.25) is 0 Å². The van der Waals surface area contributed by atoms with Gasteiger partial charge in [0.1, 0.15) is 0 Å². The summed E-state index contributed by atoms with van der Waals surface area (Å²) in [5.74, 6) is -0.254. The van der Waals surface area contributed by atoms with E-state index in [0.717, 1.165) is 12.0 Å². The van der Waals surface area contributed by atoms with Gasteiger partial charge in [-0.15, -0.1) is 0 Å². The maximum Gasteiger partial charge on any atom is 0.337 e. The Balaban J connectivity index is 2.56. The summed E-state index contributed by atoms with van der Waals surface area (Å²) in [5, 5.41) is 0. The highest BCUT2D eigenvalue weighted by molar-refractivity contribution is 5.90. The SMILES string of the molecule is COC(=O)c1ccc(C=CC(=O)OC(C)CC(C)C)cc1. The first-order valence-electron chi connectivity index (χ1n) is 6.99. The molecule has 21 heavy (non-hydrogen) atoms. The Labute approximate surface area is 125 Å². The Morgan fingerprint density at radius 1 is 1.14 bits per heavy atom. The van der Waals surface area contributed by atoms with Crippen LogP contribution in [0, 0.1) is 5.92 Å². The molecule has 1 atom stereocenters. The fraction of sp³-hybridized carbons (Fsp3) is 0.412. The van der Waals surface area contributed by atoms with Crippen molar-refractivity contribution >= 4 is 18.0 Å². The Morgan fingerprint density at radius 2 is 1.76 bits per heavy atom. The lowest BCUT2D eigenvalue weighted by Gasteiger charge is -2.13. The minimum atomic E-state index is -0.382. The van der Waals surface area contributed by atoms with E-state index < -0.39 is 0 Å². The molecule has 114 valence electrons. The molecule has 0 fully saturated rings. The average molecular weight is 290 g/mol. The topological polar surface area (TPSA) is 52.6 Å². The van der Waals surface area contributed by atoms with Gasteiger partial charge < -0.3 is 9.47 Å². The predicted molar refractivity (Wildman–Crippen MR) is 81.8 cm³/mol. The fourth-order valence-corrected chi connectivity index (χ4v) is 1.96. The zero-order valence-corrected chi connectivity index (χ0v) is 13.0. The number of hydrogen-bond donors (Lipinski definition) is 0. The number of rotatable bonds is 6. The van der Waals surface area contributed by atoms with E-state index in [0.29, 0.717) is 11.5 Å². The van der Waals surface area contributed by atoms with Crippen molar-refractivity contribution in [2.24, 2.45) is 5.92 Å². The second-order valence-electron chi connectivity index (χ2n) is 5.32. The standard InChI is InChI=1S/C17H22O4/c1-12(2)11-13(3)21-16(18)10-7-14-5-8-15(9-6-14)17(19)20-4/h5-10,12-13H,11H2,1-4H3. The number of carbonyl (C=O) groups excluding carboxylic acids is 2. The molecule has 1 aromatic carbocycles. The van der Waals surface area contributed by atoms with Crippen LogP contribution in [-0.2, 0) is 14.3 Å². The second-order valence-corrected chi connectivity index (χ2v) is 5.32. The van der Waals surface area contributed by atoms with Crippen LogP contribution in [0.3, 0.4) is 0 Å². The summed E-state index contributed by atoms with van der Waals surface area (Å²) >= 11 is 0. The van der Waals surface area contributed by atoms with Crippen molar-refractivity contribution in [3.05, 3.63) is 41.5 Å². The van der Waals surface area contributed by atoms with Gasteiger partial charge in [-0.05, 0) is 43.0 Å². The average Bonchev–Trinajstić information content (AvgIpc) is 2.43. The van der Waals surface area contributed by atoms with Crippen molar-refractivity contribution < 1.29 is 19.1 Å². The molecule has 0 bridgehead atoms. The lowest BCUT2D eigenvalue weighted by Crippen LogP contribution is -2.15. The van der Waals surface area contributed by atoms with Crippen LogP contribution in [0.15, 0.2) is 30.3 Å². The van der Waals surface area contributed by atoms with Gasteiger partial charge in [-0.2, -0.15) is 0 Å². The Bertz CT molecular complexity index is 500. The van der Waals surface area contributed by atoms with Gasteiger partial charge in [0.05, 0.1) is 18.8 Å². The molecule has 0 spiro atoms. The van der Waals surface area contributed by atoms with Crippen LogP contribution in [-0.4, -0.2) is 25.2 Å². The van der Waals surface area contributed by atoms with Crippen LogP contribution < -0.4 is 0 Å². The molecule has 0 saturated heterocycles. The lowest BCUT2D eigenvalue weighted by molar-refractivity contribution is -0.142. The van der Waals surface area contributed by atoms with Gasteiger partial charge in [0.15, 0.2) is 0 Å². The third kappa shape index (κ3) is 6.25. The van der Waals surface area contributed by atoms with Crippen molar-refractivity contribution in [2.75, 3.05) is 7.11 Å². The highest BCUT2D eigenvalue weighted by atomic mass is 16.5. The highest BCUT2D eigenvalue weighted by Gasteiger charge is 2.09. The van der Waals surface area contributed by atoms with Crippen molar-refractivity contribution in [2.45, 2.75) is 33.3 Å². The summed E-state index contributed by atoms with van der Waals surface area (Å²) in [5.41, 5.74) is 1.29. The first-order chi connectivity index (χ1) is 9.92. The van der Waals surface area contributed by atoms with Gasteiger partial charge in [0, 0.05) is 6.08 Å². The van der Waals surface area contributed by atoms with Crippen LogP contribution in [0.2, 0.25) is 0 Å². The molecule has 1 unspecified atom stereocenters. The molecule has 0 aliphatic heterocycles. The highest BCUT2D eigenvalue weighted by Crippen LogP contribution is 2.10. The van der Waals surface area contributed by atoms with Gasteiger partial charge in [0.25, 0.3) is 0 Å². The summed E-state index contributed by atoms with van der Waals surface area (Å²) in [6, 6.07) is 6.79. The molecule has 0 saturated carbocycles. The van der Waals surface area contributed by atoms with E-state index in [-0.39, 0.29) is 18.0 Å². The molecule has 1 aromatic rings. The van der Waals surface area contributed by atoms with E-state index >= 15 is 0 Å². The van der Waals surface area contributed by atoms with Crippen LogP contribution >= 0.6 is 0 Å². The lowest BCUT2D eigenvalue weighted by atomic mass is 10.1. The zero-order valence-electron chi connectivity index (χ0n) is 13.0. The van der Waals surface area contributed by atoms with Gasteiger partial charge in [0.2, 0.25) is 0 Å². The Kier molecular flexibility index (Phi) is 6.66. The minimum absolute atomic E-state index is 0.0937. The van der Waals surface area contributed by atoms with Gasteiger partial charge >= 0.3 is 11.9 Å². The summed E-state index contributed by atoms with van der Waals surface area (Å²) in [6.45, 7) is 6.06. The number of benzene rings is 1. The summed E-state index contributed by atoms with van der Waals surface area (Å²) in [6.07, 6.45) is 3.80. The third-order valence-electron chi connectivity index (χ3n) is 2.86. The van der Waals surface area contributed by atoms with E-state index in [1.807, 2.05) is 6.92 Å². The molecule has 1 rings (SSSR count). The molecule has 0 aromatic heterocycles. The Morgan fingerprint density at radius 3 is 2.29 bits per heavy atom. The smallest absolute Gasteiger partial charge is 0.337 e. The fourth-order valence-electron chi connectivity index (χ4n) is 1.96. The maximum atomic E-state index is 11.6. The van der Waals surface area contributed by atoms with Crippen LogP contribution in [0.4, 0.5) is 0 Å². The quantitative estimate of drug-likeness (QED) is 0.594. The number of ether oxygens (including phenoxy) is 2. The normalized spacial score (nSPS) is 12.4. The molecular weight excluding hydrogens is 268 g/mol. The molecule has 0 aliphatic rings. The first-order valence-corrected chi connectivity index (χ1v) is 6.99. The van der Waals surface area contributed by atoms with Crippen molar-refractivity contribution in [3.63, 3.8) is 0 Å². The molecule has 0 radical (unpaired) electrons. The first kappa shape index (κ1) is 17.0. The van der Waals surface area contributed by atoms with Crippen molar-refractivity contribution in [1.82, 2.24) is 0 Å². The van der Waals surface area contributed by atoms with Crippen LogP contribution in [0.25, 0.3) is 6.08 Å². The number of hydrogen-bond acceptors (Lipinski definition) is 4. The van der Waals surface area contributed by atoms with E-state index in [1.165, 1.54) is 13.2 Å². The summed E-state index contributed by atoms with van der Waals surface area (Å²) < 4.78 is 9.88.